The summed E-state index contributed by atoms with van der Waals surface area (Å²) in [7, 11) is 1.28. The smallest absolute Gasteiger partial charge is 0.410 e. The van der Waals surface area contributed by atoms with Crippen molar-refractivity contribution in [3.8, 4) is 34.0 Å². The van der Waals surface area contributed by atoms with Gasteiger partial charge < -0.3 is 10.1 Å². The van der Waals surface area contributed by atoms with E-state index in [-0.39, 0.29) is 5.91 Å². The molecule has 4 aromatic heterocycles. The summed E-state index contributed by atoms with van der Waals surface area (Å²) in [6, 6.07) is 7.01. The molecule has 11 heteroatoms. The van der Waals surface area contributed by atoms with Crippen molar-refractivity contribution in [1.29, 1.82) is 0 Å². The van der Waals surface area contributed by atoms with E-state index in [2.05, 4.69) is 73.9 Å². The molecular weight excluding hydrogens is 619 g/mol. The highest BCUT2D eigenvalue weighted by Gasteiger charge is 2.42. The summed E-state index contributed by atoms with van der Waals surface area (Å²) in [6.45, 7) is 22.7. The molecule has 0 saturated heterocycles. The van der Waals surface area contributed by atoms with Crippen LogP contribution in [0.1, 0.15) is 80.5 Å². The number of amides is 2. The van der Waals surface area contributed by atoms with Gasteiger partial charge in [-0.1, -0.05) is 47.5 Å². The Morgan fingerprint density at radius 2 is 1.65 bits per heavy atom. The lowest BCUT2D eigenvalue weighted by Crippen LogP contribution is -2.45. The van der Waals surface area contributed by atoms with Gasteiger partial charge in [0.25, 0.3) is 0 Å². The molecule has 4 rings (SSSR count). The molecule has 4 heterocycles. The number of hydrogen-bond donors (Lipinski definition) is 1. The molecule has 1 atom stereocenters. The number of fused-ring (bicyclic) bond motifs is 1. The Labute approximate surface area is 286 Å². The minimum atomic E-state index is -2.15. The van der Waals surface area contributed by atoms with E-state index in [0.29, 0.717) is 28.1 Å². The average Bonchev–Trinajstić information content (AvgIpc) is 3.58. The number of aromatic nitrogens is 5. The van der Waals surface area contributed by atoms with Crippen molar-refractivity contribution >= 4 is 31.5 Å². The largest absolute Gasteiger partial charge is 0.444 e. The van der Waals surface area contributed by atoms with E-state index in [1.54, 1.807) is 45.5 Å². The number of nitrogens with zero attached hydrogens (tertiary/aromatic N) is 6. The number of imidazole rings is 1. The van der Waals surface area contributed by atoms with Crippen molar-refractivity contribution in [2.24, 2.45) is 7.05 Å². The second kappa shape index (κ2) is 14.0. The van der Waals surface area contributed by atoms with Crippen molar-refractivity contribution in [3.63, 3.8) is 0 Å². The Morgan fingerprint density at radius 3 is 2.21 bits per heavy atom. The molecule has 0 aliphatic heterocycles. The molecule has 0 aliphatic rings. The zero-order valence-electron chi connectivity index (χ0n) is 30.8. The van der Waals surface area contributed by atoms with Gasteiger partial charge in [-0.25, -0.2) is 14.8 Å². The minimum Gasteiger partial charge on any atom is -0.444 e. The number of likely N-dealkylation sites (N-methyl/N-ethyl adjacent to an activating group) is 1. The van der Waals surface area contributed by atoms with Crippen molar-refractivity contribution < 1.29 is 14.3 Å². The van der Waals surface area contributed by atoms with E-state index < -0.39 is 25.8 Å². The van der Waals surface area contributed by atoms with Gasteiger partial charge in [0.15, 0.2) is 0 Å². The van der Waals surface area contributed by atoms with Gasteiger partial charge in [0, 0.05) is 37.6 Å². The zero-order valence-corrected chi connectivity index (χ0v) is 31.8. The first kappa shape index (κ1) is 36.4. The molecule has 0 bridgehead atoms. The maximum absolute atomic E-state index is 13.4. The molecule has 48 heavy (non-hydrogen) atoms. The van der Waals surface area contributed by atoms with Crippen LogP contribution in [-0.2, 0) is 16.6 Å². The molecular formula is C37H51N7O3Si. The Balaban J connectivity index is 1.90. The van der Waals surface area contributed by atoms with Crippen LogP contribution in [0.5, 0.6) is 0 Å². The summed E-state index contributed by atoms with van der Waals surface area (Å²) < 4.78 is 9.29. The van der Waals surface area contributed by atoms with Gasteiger partial charge in [-0.15, -0.1) is 5.54 Å². The number of nitrogens with one attached hydrogen (secondary N) is 1. The monoisotopic (exact) mass is 669 g/mol. The van der Waals surface area contributed by atoms with Crippen LogP contribution in [0.3, 0.4) is 0 Å². The Bertz CT molecular complexity index is 1850. The van der Waals surface area contributed by atoms with E-state index in [0.717, 1.165) is 33.7 Å². The van der Waals surface area contributed by atoms with Crippen LogP contribution in [0.4, 0.5) is 10.6 Å². The molecule has 1 N–H and O–H groups in total. The van der Waals surface area contributed by atoms with E-state index in [1.165, 1.54) is 4.90 Å². The van der Waals surface area contributed by atoms with Crippen LogP contribution in [0, 0.1) is 18.4 Å². The maximum atomic E-state index is 13.4. The third-order valence-electron chi connectivity index (χ3n) is 9.07. The van der Waals surface area contributed by atoms with Crippen molar-refractivity contribution in [2.45, 2.75) is 104 Å². The second-order valence-corrected chi connectivity index (χ2v) is 20.2. The minimum absolute atomic E-state index is 0.344. The van der Waals surface area contributed by atoms with Gasteiger partial charge in [0.1, 0.15) is 42.6 Å². The number of pyridine rings is 2. The Hall–Kier alpha value is -4.43. The zero-order chi connectivity index (χ0) is 35.7. The highest BCUT2D eigenvalue weighted by atomic mass is 28.3. The Kier molecular flexibility index (Phi) is 10.6. The third kappa shape index (κ3) is 7.49. The van der Waals surface area contributed by atoms with Crippen LogP contribution < -0.4 is 5.32 Å². The fraction of sp³-hybridized carbons (Fsp3) is 0.486. The number of hydrogen-bond acceptors (Lipinski definition) is 6. The molecule has 0 fully saturated rings. The summed E-state index contributed by atoms with van der Waals surface area (Å²) in [5.41, 5.74) is 10.1. The standard InChI is InChI=1S/C37H51N7O3Si/c1-23(2)48(24(3)4,25(5)6)19-17-30-29(14-15-31(39-30)40-35(45)27(8)43(13)36(46)47-37(9,10)11)34-33(28-21-38-42(12)22-28)41-32-20-26(7)16-18-44(32)34/h14-16,18,20-25,27H,1-13H3,(H,39,40,45). The summed E-state index contributed by atoms with van der Waals surface area (Å²) in [5.74, 6) is 3.51. The van der Waals surface area contributed by atoms with E-state index in [1.807, 2.05) is 44.7 Å². The number of aryl methyl sites for hydroxylation is 2. The van der Waals surface area contributed by atoms with E-state index >= 15 is 0 Å². The fourth-order valence-electron chi connectivity index (χ4n) is 6.46. The van der Waals surface area contributed by atoms with Crippen LogP contribution in [0.25, 0.3) is 28.2 Å². The summed E-state index contributed by atoms with van der Waals surface area (Å²) >= 11 is 0. The molecule has 2 amide bonds. The number of ether oxygens (including phenoxy) is 1. The lowest BCUT2D eigenvalue weighted by Gasteiger charge is -2.38. The van der Waals surface area contributed by atoms with Gasteiger partial charge in [-0.2, -0.15) is 5.10 Å². The van der Waals surface area contributed by atoms with Gasteiger partial charge in [0.2, 0.25) is 5.91 Å². The SMILES string of the molecule is Cc1ccn2c(-c3ccc(NC(=O)C(C)N(C)C(=O)OC(C)(C)C)nc3C#C[Si](C(C)C)(C(C)C)C(C)C)c(-c3cnn(C)c3)nc2c1. The maximum Gasteiger partial charge on any atom is 0.410 e. The molecule has 0 spiro atoms. The highest BCUT2D eigenvalue weighted by Crippen LogP contribution is 2.41. The van der Waals surface area contributed by atoms with Gasteiger partial charge in [-0.3, -0.25) is 18.8 Å². The van der Waals surface area contributed by atoms with Crippen molar-refractivity contribution in [2.75, 3.05) is 12.4 Å². The first-order valence-electron chi connectivity index (χ1n) is 16.6. The molecule has 0 aromatic carbocycles. The average molecular weight is 670 g/mol. The van der Waals surface area contributed by atoms with Crippen LogP contribution >= 0.6 is 0 Å². The van der Waals surface area contributed by atoms with Gasteiger partial charge >= 0.3 is 6.09 Å². The quantitative estimate of drug-likeness (QED) is 0.151. The molecule has 0 radical (unpaired) electrons. The van der Waals surface area contributed by atoms with E-state index in [4.69, 9.17) is 14.7 Å². The van der Waals surface area contributed by atoms with Crippen LogP contribution in [0.2, 0.25) is 16.6 Å². The Morgan fingerprint density at radius 1 is 1.00 bits per heavy atom. The molecule has 4 aromatic rings. The van der Waals surface area contributed by atoms with E-state index in [9.17, 15) is 9.59 Å². The van der Waals surface area contributed by atoms with Crippen LogP contribution in [-0.4, -0.2) is 67.8 Å². The predicted molar refractivity (Wildman–Crippen MR) is 195 cm³/mol. The molecule has 256 valence electrons. The first-order valence-corrected chi connectivity index (χ1v) is 18.9. The number of anilines is 1. The van der Waals surface area contributed by atoms with Crippen LogP contribution in [0.15, 0.2) is 42.9 Å². The first-order chi connectivity index (χ1) is 22.3. The lowest BCUT2D eigenvalue weighted by atomic mass is 10.1. The third-order valence-corrected chi connectivity index (χ3v) is 15.4. The molecule has 1 unspecified atom stereocenters. The van der Waals surface area contributed by atoms with Gasteiger partial charge in [-0.05, 0) is 81.1 Å². The predicted octanol–water partition coefficient (Wildman–Crippen LogP) is 7.87. The summed E-state index contributed by atoms with van der Waals surface area (Å²) in [6.07, 6.45) is 5.19. The van der Waals surface area contributed by atoms with Crippen molar-refractivity contribution in [1.82, 2.24) is 29.0 Å². The number of carbonyl (C=O) groups excluding carboxylic acids is 2. The summed E-state index contributed by atoms with van der Waals surface area (Å²) in [4.78, 5) is 37.4. The number of carbonyl (C=O) groups is 2. The van der Waals surface area contributed by atoms with Gasteiger partial charge in [0.05, 0.1) is 11.9 Å². The molecule has 10 nitrogen and oxygen atoms in total. The second-order valence-electron chi connectivity index (χ2n) is 14.6. The normalized spacial score (nSPS) is 12.8. The lowest BCUT2D eigenvalue weighted by molar-refractivity contribution is -0.120. The fourth-order valence-corrected chi connectivity index (χ4v) is 11.7. The molecule has 0 aliphatic carbocycles. The highest BCUT2D eigenvalue weighted by molar-refractivity contribution is 6.90. The van der Waals surface area contributed by atoms with Crippen molar-refractivity contribution in [3.05, 3.63) is 54.1 Å². The number of rotatable bonds is 8. The molecule has 0 saturated carbocycles. The topological polar surface area (TPSA) is 107 Å². The summed E-state index contributed by atoms with van der Waals surface area (Å²) in [5, 5.41) is 7.34.